The van der Waals surface area contributed by atoms with Gasteiger partial charge in [-0.1, -0.05) is 23.7 Å². The van der Waals surface area contributed by atoms with Gasteiger partial charge in [-0.2, -0.15) is 4.31 Å². The van der Waals surface area contributed by atoms with Gasteiger partial charge in [0, 0.05) is 36.1 Å². The number of nitro groups is 1. The fraction of sp³-hybridized carbons (Fsp3) is 0.368. The molecule has 29 heavy (non-hydrogen) atoms. The van der Waals surface area contributed by atoms with E-state index in [4.69, 9.17) is 16.3 Å². The lowest BCUT2D eigenvalue weighted by atomic mass is 10.1. The fourth-order valence-corrected chi connectivity index (χ4v) is 5.17. The summed E-state index contributed by atoms with van der Waals surface area (Å²) < 4.78 is 32.1. The van der Waals surface area contributed by atoms with E-state index in [1.807, 2.05) is 18.2 Å². The van der Waals surface area contributed by atoms with Crippen LogP contribution in [0.3, 0.4) is 0 Å². The number of nitrogens with zero attached hydrogens (tertiary/aromatic N) is 2. The van der Waals surface area contributed by atoms with Gasteiger partial charge in [-0.15, -0.1) is 0 Å². The molecule has 4 rings (SSSR count). The first-order chi connectivity index (χ1) is 13.9. The lowest BCUT2D eigenvalue weighted by Crippen LogP contribution is -2.40. The highest BCUT2D eigenvalue weighted by Crippen LogP contribution is 2.44. The Hall–Kier alpha value is -2.20. The van der Waals surface area contributed by atoms with E-state index >= 15 is 0 Å². The average molecular weight is 438 g/mol. The molecule has 0 bridgehead atoms. The first-order valence-corrected chi connectivity index (χ1v) is 11.1. The zero-order chi connectivity index (χ0) is 20.6. The Kier molecular flexibility index (Phi) is 5.48. The number of anilines is 1. The predicted octanol–water partition coefficient (Wildman–Crippen LogP) is 3.24. The Balaban J connectivity index is 1.55. The van der Waals surface area contributed by atoms with E-state index in [1.54, 1.807) is 6.07 Å². The van der Waals surface area contributed by atoms with Crippen molar-refractivity contribution in [1.82, 2.24) is 4.31 Å². The Morgan fingerprint density at radius 2 is 1.93 bits per heavy atom. The van der Waals surface area contributed by atoms with Gasteiger partial charge >= 0.3 is 0 Å². The number of halogens is 1. The van der Waals surface area contributed by atoms with Crippen LogP contribution in [0.15, 0.2) is 47.4 Å². The lowest BCUT2D eigenvalue weighted by Gasteiger charge is -2.26. The maximum Gasteiger partial charge on any atom is 0.293 e. The minimum absolute atomic E-state index is 0.0360. The van der Waals surface area contributed by atoms with Crippen LogP contribution in [0.5, 0.6) is 0 Å². The Morgan fingerprint density at radius 3 is 2.62 bits per heavy atom. The van der Waals surface area contributed by atoms with E-state index in [0.29, 0.717) is 23.9 Å². The van der Waals surface area contributed by atoms with Crippen molar-refractivity contribution in [1.29, 1.82) is 0 Å². The summed E-state index contributed by atoms with van der Waals surface area (Å²) in [6.07, 6.45) is 0.825. The van der Waals surface area contributed by atoms with Gasteiger partial charge in [0.25, 0.3) is 5.69 Å². The minimum Gasteiger partial charge on any atom is -0.379 e. The van der Waals surface area contributed by atoms with Crippen molar-refractivity contribution in [2.45, 2.75) is 23.3 Å². The van der Waals surface area contributed by atoms with E-state index in [-0.39, 0.29) is 35.6 Å². The molecule has 2 atom stereocenters. The van der Waals surface area contributed by atoms with Crippen molar-refractivity contribution in [3.8, 4) is 0 Å². The van der Waals surface area contributed by atoms with Gasteiger partial charge in [0.15, 0.2) is 0 Å². The molecule has 1 aliphatic carbocycles. The lowest BCUT2D eigenvalue weighted by molar-refractivity contribution is -0.384. The Labute approximate surface area is 173 Å². The number of hydrogen-bond acceptors (Lipinski definition) is 6. The molecule has 0 spiro atoms. The molecule has 1 N–H and O–H groups in total. The van der Waals surface area contributed by atoms with E-state index in [0.717, 1.165) is 18.1 Å². The van der Waals surface area contributed by atoms with Crippen LogP contribution in [0.2, 0.25) is 5.02 Å². The molecule has 0 amide bonds. The molecule has 0 aromatic heterocycles. The van der Waals surface area contributed by atoms with Crippen LogP contribution in [-0.4, -0.2) is 50.0 Å². The molecule has 1 heterocycles. The van der Waals surface area contributed by atoms with E-state index in [1.165, 1.54) is 16.4 Å². The van der Waals surface area contributed by atoms with Gasteiger partial charge in [-0.3, -0.25) is 10.1 Å². The normalized spacial score (nSPS) is 22.2. The number of benzene rings is 2. The summed E-state index contributed by atoms with van der Waals surface area (Å²) in [6.45, 7) is 1.10. The number of hydrogen-bond donors (Lipinski definition) is 1. The monoisotopic (exact) mass is 437 g/mol. The summed E-state index contributed by atoms with van der Waals surface area (Å²) in [5, 5.41) is 15.4. The maximum atomic E-state index is 12.8. The average Bonchev–Trinajstić information content (AvgIpc) is 3.48. The standard InChI is InChI=1S/C19H20ClN3O5S/c20-14-3-1-2-13(10-14)16-12-18(16)21-17-5-4-15(11-19(17)23(24)25)29(26,27)22-6-8-28-9-7-22/h1-5,10-11,16,18,21H,6-9,12H2. The summed E-state index contributed by atoms with van der Waals surface area (Å²) in [7, 11) is -3.80. The molecule has 1 aliphatic heterocycles. The highest BCUT2D eigenvalue weighted by Gasteiger charge is 2.39. The third-order valence-electron chi connectivity index (χ3n) is 5.18. The second-order valence-electron chi connectivity index (χ2n) is 7.10. The Bertz CT molecular complexity index is 1040. The van der Waals surface area contributed by atoms with Gasteiger partial charge in [-0.05, 0) is 36.2 Å². The Morgan fingerprint density at radius 1 is 1.17 bits per heavy atom. The number of rotatable bonds is 6. The van der Waals surface area contributed by atoms with E-state index < -0.39 is 14.9 Å². The highest BCUT2D eigenvalue weighted by atomic mass is 35.5. The van der Waals surface area contributed by atoms with Crippen molar-refractivity contribution in [2.75, 3.05) is 31.6 Å². The molecular weight excluding hydrogens is 418 g/mol. The summed E-state index contributed by atoms with van der Waals surface area (Å²) in [5.41, 5.74) is 1.13. The molecule has 2 aromatic carbocycles. The van der Waals surface area contributed by atoms with Gasteiger partial charge < -0.3 is 10.1 Å². The molecule has 2 aromatic rings. The molecule has 1 saturated heterocycles. The van der Waals surface area contributed by atoms with Gasteiger partial charge in [-0.25, -0.2) is 8.42 Å². The maximum absolute atomic E-state index is 12.8. The number of ether oxygens (including phenoxy) is 1. The summed E-state index contributed by atoms with van der Waals surface area (Å²) in [6, 6.07) is 11.6. The van der Waals surface area contributed by atoms with Gasteiger partial charge in [0.05, 0.1) is 23.0 Å². The first kappa shape index (κ1) is 20.1. The second kappa shape index (κ2) is 7.91. The van der Waals surface area contributed by atoms with Crippen LogP contribution in [0.1, 0.15) is 17.9 Å². The number of nitro benzene ring substituents is 1. The highest BCUT2D eigenvalue weighted by molar-refractivity contribution is 7.89. The molecule has 0 radical (unpaired) electrons. The summed E-state index contributed by atoms with van der Waals surface area (Å²) in [4.78, 5) is 11.0. The molecule has 2 aliphatic rings. The third kappa shape index (κ3) is 4.23. The molecule has 1 saturated carbocycles. The van der Waals surface area contributed by atoms with Crippen LogP contribution >= 0.6 is 11.6 Å². The molecule has 2 fully saturated rings. The van der Waals surface area contributed by atoms with Crippen LogP contribution in [0, 0.1) is 10.1 Å². The molecule has 154 valence electrons. The van der Waals surface area contributed by atoms with Crippen LogP contribution < -0.4 is 5.32 Å². The van der Waals surface area contributed by atoms with Crippen LogP contribution in [0.4, 0.5) is 11.4 Å². The van der Waals surface area contributed by atoms with Crippen molar-refractivity contribution < 1.29 is 18.1 Å². The number of nitrogens with one attached hydrogen (secondary N) is 1. The number of morpholine rings is 1. The molecule has 10 heteroatoms. The topological polar surface area (TPSA) is 102 Å². The van der Waals surface area contributed by atoms with Crippen molar-refractivity contribution >= 4 is 33.0 Å². The van der Waals surface area contributed by atoms with Crippen LogP contribution in [-0.2, 0) is 14.8 Å². The second-order valence-corrected chi connectivity index (χ2v) is 9.47. The summed E-state index contributed by atoms with van der Waals surface area (Å²) in [5.74, 6) is 0.213. The molecule has 8 nitrogen and oxygen atoms in total. The smallest absolute Gasteiger partial charge is 0.293 e. The molecule has 2 unspecified atom stereocenters. The van der Waals surface area contributed by atoms with E-state index in [9.17, 15) is 18.5 Å². The predicted molar refractivity (Wildman–Crippen MR) is 109 cm³/mol. The van der Waals surface area contributed by atoms with Gasteiger partial charge in [0.2, 0.25) is 10.0 Å². The zero-order valence-electron chi connectivity index (χ0n) is 15.5. The SMILES string of the molecule is O=[N+]([O-])c1cc(S(=O)(=O)N2CCOCC2)ccc1NC1CC1c1cccc(Cl)c1. The fourth-order valence-electron chi connectivity index (χ4n) is 3.54. The van der Waals surface area contributed by atoms with Crippen LogP contribution in [0.25, 0.3) is 0 Å². The van der Waals surface area contributed by atoms with E-state index in [2.05, 4.69) is 5.32 Å². The van der Waals surface area contributed by atoms with Crippen molar-refractivity contribution in [2.24, 2.45) is 0 Å². The quantitative estimate of drug-likeness (QED) is 0.549. The third-order valence-corrected chi connectivity index (χ3v) is 7.31. The first-order valence-electron chi connectivity index (χ1n) is 9.24. The summed E-state index contributed by atoms with van der Waals surface area (Å²) >= 11 is 6.04. The van der Waals surface area contributed by atoms with Gasteiger partial charge in [0.1, 0.15) is 5.69 Å². The number of sulfonamides is 1. The van der Waals surface area contributed by atoms with Crippen molar-refractivity contribution in [3.05, 3.63) is 63.2 Å². The zero-order valence-corrected chi connectivity index (χ0v) is 17.0. The largest absolute Gasteiger partial charge is 0.379 e. The molecular formula is C19H20ClN3O5S. The minimum atomic E-state index is -3.80. The van der Waals surface area contributed by atoms with Crippen molar-refractivity contribution in [3.63, 3.8) is 0 Å².